The second-order valence-electron chi connectivity index (χ2n) is 6.81. The van der Waals surface area contributed by atoms with E-state index in [0.29, 0.717) is 23.7 Å². The Labute approximate surface area is 159 Å². The number of nitro benzene ring substituents is 1. The van der Waals surface area contributed by atoms with Crippen molar-refractivity contribution < 1.29 is 14.4 Å². The first kappa shape index (κ1) is 19.1. The number of rotatable bonds is 7. The van der Waals surface area contributed by atoms with E-state index in [2.05, 4.69) is 5.32 Å². The molecule has 1 heterocycles. The molecular weight excluding hydrogens is 346 g/mol. The maximum absolute atomic E-state index is 11.5. The third kappa shape index (κ3) is 4.20. The molecule has 1 aliphatic heterocycles. The van der Waals surface area contributed by atoms with Gasteiger partial charge in [0.1, 0.15) is 6.61 Å². The monoisotopic (exact) mass is 371 g/mol. The van der Waals surface area contributed by atoms with Gasteiger partial charge in [-0.3, -0.25) is 10.1 Å². The van der Waals surface area contributed by atoms with Gasteiger partial charge in [0.2, 0.25) is 0 Å². The molecule has 1 N–H and O–H groups in total. The first-order valence-corrected chi connectivity index (χ1v) is 8.96. The lowest BCUT2D eigenvalue weighted by atomic mass is 9.88. The van der Waals surface area contributed by atoms with E-state index in [1.165, 1.54) is 0 Å². The van der Waals surface area contributed by atoms with E-state index >= 15 is 0 Å². The van der Waals surface area contributed by atoms with E-state index in [-0.39, 0.29) is 16.7 Å². The van der Waals surface area contributed by atoms with Crippen LogP contribution in [0.15, 0.2) is 36.4 Å². The van der Waals surface area contributed by atoms with Gasteiger partial charge in [-0.05, 0) is 43.8 Å². The largest absolute Gasteiger partial charge is 0.493 e. The predicted molar refractivity (Wildman–Crippen MR) is 104 cm³/mol. The number of likely N-dealkylation sites (N-methyl/N-ethyl adjacent to an activating group) is 1. The Balaban J connectivity index is 2.00. The molecule has 0 aliphatic carbocycles. The molecule has 0 spiro atoms. The van der Waals surface area contributed by atoms with Gasteiger partial charge >= 0.3 is 0 Å². The molecule has 7 nitrogen and oxygen atoms in total. The number of hydrogen-bond donors (Lipinski definition) is 1. The fourth-order valence-corrected chi connectivity index (χ4v) is 3.35. The number of para-hydroxylation sites is 1. The molecular formula is C20H25N3O4. The number of nitro groups is 1. The summed E-state index contributed by atoms with van der Waals surface area (Å²) < 4.78 is 11.4. The van der Waals surface area contributed by atoms with Crippen LogP contribution < -0.4 is 14.8 Å². The van der Waals surface area contributed by atoms with Crippen LogP contribution >= 0.6 is 0 Å². The molecule has 0 amide bonds. The minimum absolute atomic E-state index is 0.119. The molecule has 1 atom stereocenters. The normalized spacial score (nSPS) is 16.1. The first-order valence-electron chi connectivity index (χ1n) is 8.96. The maximum Gasteiger partial charge on any atom is 0.274 e. The van der Waals surface area contributed by atoms with Crippen LogP contribution in [-0.2, 0) is 6.42 Å². The van der Waals surface area contributed by atoms with E-state index < -0.39 is 0 Å². The molecule has 7 heteroatoms. The van der Waals surface area contributed by atoms with Crippen LogP contribution in [0.5, 0.6) is 11.5 Å². The zero-order valence-corrected chi connectivity index (χ0v) is 15.9. The van der Waals surface area contributed by atoms with Crippen molar-refractivity contribution in [3.8, 4) is 11.5 Å². The molecule has 27 heavy (non-hydrogen) atoms. The number of benzene rings is 2. The van der Waals surface area contributed by atoms with Crippen LogP contribution in [0.4, 0.5) is 5.69 Å². The molecule has 0 fully saturated rings. The second-order valence-corrected chi connectivity index (χ2v) is 6.81. The van der Waals surface area contributed by atoms with Crippen molar-refractivity contribution >= 4 is 5.69 Å². The van der Waals surface area contributed by atoms with Gasteiger partial charge in [0.25, 0.3) is 5.69 Å². The minimum Gasteiger partial charge on any atom is -0.493 e. The summed E-state index contributed by atoms with van der Waals surface area (Å²) in [4.78, 5) is 13.2. The molecule has 0 saturated heterocycles. The summed E-state index contributed by atoms with van der Waals surface area (Å²) in [6.07, 6.45) is 0.834. The summed E-state index contributed by atoms with van der Waals surface area (Å²) >= 11 is 0. The molecule has 1 unspecified atom stereocenters. The van der Waals surface area contributed by atoms with Gasteiger partial charge in [-0.2, -0.15) is 0 Å². The van der Waals surface area contributed by atoms with Gasteiger partial charge in [-0.1, -0.05) is 18.2 Å². The van der Waals surface area contributed by atoms with Crippen molar-refractivity contribution in [2.45, 2.75) is 12.5 Å². The summed E-state index contributed by atoms with van der Waals surface area (Å²) in [6.45, 7) is 2.06. The molecule has 0 bridgehead atoms. The quantitative estimate of drug-likeness (QED) is 0.596. The SMILES string of the molecule is COc1cc2c(cc1OCCN(C)C)C(c1ccccc1[N+](=O)[O-])NCC2. The number of nitrogens with one attached hydrogen (secondary N) is 1. The number of nitrogens with zero attached hydrogens (tertiary/aromatic N) is 2. The lowest BCUT2D eigenvalue weighted by molar-refractivity contribution is -0.385. The highest BCUT2D eigenvalue weighted by atomic mass is 16.6. The summed E-state index contributed by atoms with van der Waals surface area (Å²) in [6, 6.07) is 10.6. The summed E-state index contributed by atoms with van der Waals surface area (Å²) in [5, 5.41) is 14.9. The van der Waals surface area contributed by atoms with Gasteiger partial charge in [-0.25, -0.2) is 0 Å². The Hall–Kier alpha value is -2.64. The smallest absolute Gasteiger partial charge is 0.274 e. The van der Waals surface area contributed by atoms with Gasteiger partial charge in [0.15, 0.2) is 11.5 Å². The fourth-order valence-electron chi connectivity index (χ4n) is 3.35. The Kier molecular flexibility index (Phi) is 5.93. The Morgan fingerprint density at radius 1 is 1.22 bits per heavy atom. The first-order chi connectivity index (χ1) is 13.0. The van der Waals surface area contributed by atoms with Crippen molar-refractivity contribution in [3.05, 3.63) is 63.2 Å². The van der Waals surface area contributed by atoms with Crippen LogP contribution in [0, 0.1) is 10.1 Å². The fraction of sp³-hybridized carbons (Fsp3) is 0.400. The van der Waals surface area contributed by atoms with Crippen LogP contribution in [0.2, 0.25) is 0 Å². The Morgan fingerprint density at radius 3 is 2.70 bits per heavy atom. The standard InChI is InChI=1S/C20H25N3O4/c1-22(2)10-11-27-19-13-16-14(12-18(19)26-3)8-9-21-20(16)15-6-4-5-7-17(15)23(24)25/h4-7,12-13,20-21H,8-11H2,1-3H3. The molecule has 0 aromatic heterocycles. The summed E-state index contributed by atoms with van der Waals surface area (Å²) in [5.74, 6) is 1.35. The summed E-state index contributed by atoms with van der Waals surface area (Å²) in [5.41, 5.74) is 2.89. The van der Waals surface area contributed by atoms with Crippen molar-refractivity contribution in [1.82, 2.24) is 10.2 Å². The van der Waals surface area contributed by atoms with Crippen LogP contribution in [-0.4, -0.2) is 50.7 Å². The van der Waals surface area contributed by atoms with E-state index in [1.54, 1.807) is 19.2 Å². The average Bonchev–Trinajstić information content (AvgIpc) is 2.66. The highest BCUT2D eigenvalue weighted by Crippen LogP contribution is 2.39. The lowest BCUT2D eigenvalue weighted by Crippen LogP contribution is -2.31. The van der Waals surface area contributed by atoms with E-state index in [9.17, 15) is 10.1 Å². The highest BCUT2D eigenvalue weighted by Gasteiger charge is 2.28. The minimum atomic E-state index is -0.330. The number of fused-ring (bicyclic) bond motifs is 1. The van der Waals surface area contributed by atoms with Gasteiger partial charge in [0.05, 0.1) is 23.6 Å². The predicted octanol–water partition coefficient (Wildman–Crippen LogP) is 2.78. The topological polar surface area (TPSA) is 76.9 Å². The molecule has 2 aromatic rings. The lowest BCUT2D eigenvalue weighted by Gasteiger charge is -2.28. The third-order valence-corrected chi connectivity index (χ3v) is 4.72. The number of ether oxygens (including phenoxy) is 2. The molecule has 2 aromatic carbocycles. The van der Waals surface area contributed by atoms with Crippen LogP contribution in [0.3, 0.4) is 0 Å². The molecule has 144 valence electrons. The molecule has 0 radical (unpaired) electrons. The van der Waals surface area contributed by atoms with Crippen molar-refractivity contribution in [1.29, 1.82) is 0 Å². The van der Waals surface area contributed by atoms with Crippen molar-refractivity contribution in [2.75, 3.05) is 40.9 Å². The van der Waals surface area contributed by atoms with Crippen molar-refractivity contribution in [3.63, 3.8) is 0 Å². The Bertz CT molecular complexity index is 823. The molecule has 1 aliphatic rings. The third-order valence-electron chi connectivity index (χ3n) is 4.72. The van der Waals surface area contributed by atoms with Gasteiger partial charge in [-0.15, -0.1) is 0 Å². The van der Waals surface area contributed by atoms with E-state index in [4.69, 9.17) is 9.47 Å². The average molecular weight is 371 g/mol. The van der Waals surface area contributed by atoms with Gasteiger partial charge in [0, 0.05) is 19.2 Å². The van der Waals surface area contributed by atoms with Crippen molar-refractivity contribution in [2.24, 2.45) is 0 Å². The Morgan fingerprint density at radius 2 is 2.00 bits per heavy atom. The highest BCUT2D eigenvalue weighted by molar-refractivity contribution is 5.54. The summed E-state index contributed by atoms with van der Waals surface area (Å²) in [7, 11) is 5.60. The number of hydrogen-bond acceptors (Lipinski definition) is 6. The molecule has 3 rings (SSSR count). The van der Waals surface area contributed by atoms with E-state index in [0.717, 1.165) is 30.6 Å². The molecule has 0 saturated carbocycles. The maximum atomic E-state index is 11.5. The van der Waals surface area contributed by atoms with Crippen LogP contribution in [0.1, 0.15) is 22.7 Å². The second kappa shape index (κ2) is 8.37. The zero-order valence-electron chi connectivity index (χ0n) is 15.9. The van der Waals surface area contributed by atoms with E-state index in [1.807, 2.05) is 43.3 Å². The number of methoxy groups -OCH3 is 1. The van der Waals surface area contributed by atoms with Gasteiger partial charge < -0.3 is 19.7 Å². The van der Waals surface area contributed by atoms with Crippen LogP contribution in [0.25, 0.3) is 0 Å². The zero-order chi connectivity index (χ0) is 19.4.